The first-order chi connectivity index (χ1) is 24.8. The Balaban J connectivity index is 1.31. The first-order valence-corrected chi connectivity index (χ1v) is 18.0. The number of amides is 5. The standard InChI is InChI=1S/C37H39Cl2F3N6O4/c1-2-52-30-21-25(37(40,41)42)7-12-29(30)34-45-31(22-3-8-26(38)9-4-22)32(23-5-10-27(39)11-6-23)48(34)36(51)47-19-15-28(16-20-47)44-35(50)46-17-13-24(14-18-46)33(43)49/h3-12,21,24,28,31-32H,2,13-20H2,1H3,(H2,43,49)(H,44,50). The molecule has 52 heavy (non-hydrogen) atoms. The van der Waals surface area contributed by atoms with E-state index in [0.29, 0.717) is 67.5 Å². The van der Waals surface area contributed by atoms with Gasteiger partial charge in [0.15, 0.2) is 0 Å². The van der Waals surface area contributed by atoms with Gasteiger partial charge in [-0.3, -0.25) is 14.7 Å². The Morgan fingerprint density at radius 3 is 2.00 bits per heavy atom. The van der Waals surface area contributed by atoms with Crippen LogP contribution in [0.5, 0.6) is 5.75 Å². The molecular weight excluding hydrogens is 720 g/mol. The number of hydrogen-bond acceptors (Lipinski definition) is 5. The van der Waals surface area contributed by atoms with Gasteiger partial charge in [0, 0.05) is 48.2 Å². The van der Waals surface area contributed by atoms with E-state index < -0.39 is 29.9 Å². The number of nitrogens with two attached hydrogens (primary N) is 1. The Morgan fingerprint density at radius 2 is 1.44 bits per heavy atom. The average Bonchev–Trinajstić information content (AvgIpc) is 3.52. The summed E-state index contributed by atoms with van der Waals surface area (Å²) in [6.07, 6.45) is -2.62. The summed E-state index contributed by atoms with van der Waals surface area (Å²) in [5, 5.41) is 4.07. The van der Waals surface area contributed by atoms with Gasteiger partial charge in [-0.15, -0.1) is 0 Å². The summed E-state index contributed by atoms with van der Waals surface area (Å²) in [6, 6.07) is 15.1. The van der Waals surface area contributed by atoms with Gasteiger partial charge in [-0.2, -0.15) is 13.2 Å². The molecule has 5 amide bonds. The average molecular weight is 760 g/mol. The molecule has 6 rings (SSSR count). The van der Waals surface area contributed by atoms with Gasteiger partial charge in [0.05, 0.1) is 23.8 Å². The van der Waals surface area contributed by atoms with Crippen molar-refractivity contribution in [3.8, 4) is 5.75 Å². The molecule has 2 unspecified atom stereocenters. The van der Waals surface area contributed by atoms with Crippen LogP contribution in [-0.4, -0.2) is 77.3 Å². The molecule has 2 atom stereocenters. The van der Waals surface area contributed by atoms with Crippen LogP contribution in [-0.2, 0) is 11.0 Å². The number of hydrogen-bond donors (Lipinski definition) is 2. The number of nitrogens with zero attached hydrogens (tertiary/aromatic N) is 4. The number of benzene rings is 3. The van der Waals surface area contributed by atoms with Gasteiger partial charge in [-0.1, -0.05) is 47.5 Å². The molecular formula is C37H39Cl2F3N6O4. The highest BCUT2D eigenvalue weighted by Crippen LogP contribution is 2.46. The fourth-order valence-electron chi connectivity index (χ4n) is 7.01. The molecule has 2 saturated heterocycles. The third-order valence-corrected chi connectivity index (χ3v) is 10.3. The van der Waals surface area contributed by atoms with E-state index in [1.807, 2.05) is 12.1 Å². The van der Waals surface area contributed by atoms with Gasteiger partial charge in [0.1, 0.15) is 17.6 Å². The first-order valence-electron chi connectivity index (χ1n) is 17.2. The zero-order valence-electron chi connectivity index (χ0n) is 28.4. The van der Waals surface area contributed by atoms with Crippen molar-refractivity contribution < 1.29 is 32.3 Å². The second kappa shape index (κ2) is 15.6. The molecule has 0 bridgehead atoms. The van der Waals surface area contributed by atoms with Crippen molar-refractivity contribution in [3.05, 3.63) is 99.0 Å². The van der Waals surface area contributed by atoms with E-state index in [2.05, 4.69) is 5.32 Å². The van der Waals surface area contributed by atoms with Crippen LogP contribution < -0.4 is 15.8 Å². The van der Waals surface area contributed by atoms with Crippen molar-refractivity contribution in [2.45, 2.75) is 56.9 Å². The quantitative estimate of drug-likeness (QED) is 0.260. The second-order valence-corrected chi connectivity index (χ2v) is 14.0. The Morgan fingerprint density at radius 1 is 0.865 bits per heavy atom. The largest absolute Gasteiger partial charge is 0.493 e. The number of piperidine rings is 2. The lowest BCUT2D eigenvalue weighted by molar-refractivity contribution is -0.137. The zero-order valence-corrected chi connectivity index (χ0v) is 29.9. The third kappa shape index (κ3) is 8.10. The van der Waals surface area contributed by atoms with Crippen LogP contribution in [0, 0.1) is 5.92 Å². The van der Waals surface area contributed by atoms with Crippen molar-refractivity contribution in [3.63, 3.8) is 0 Å². The van der Waals surface area contributed by atoms with Gasteiger partial charge >= 0.3 is 18.2 Å². The lowest BCUT2D eigenvalue weighted by Crippen LogP contribution is -2.54. The lowest BCUT2D eigenvalue weighted by atomic mass is 9.93. The maximum absolute atomic E-state index is 14.8. The van der Waals surface area contributed by atoms with Crippen LogP contribution in [0.2, 0.25) is 10.0 Å². The fourth-order valence-corrected chi connectivity index (χ4v) is 7.27. The van der Waals surface area contributed by atoms with Crippen LogP contribution in [0.1, 0.15) is 66.9 Å². The predicted octanol–water partition coefficient (Wildman–Crippen LogP) is 7.45. The summed E-state index contributed by atoms with van der Waals surface area (Å²) in [5.74, 6) is -0.479. The van der Waals surface area contributed by atoms with Crippen LogP contribution in [0.3, 0.4) is 0 Å². The molecule has 10 nitrogen and oxygen atoms in total. The SMILES string of the molecule is CCOc1cc(C(F)(F)F)ccc1C1=NC(c2ccc(Cl)cc2)C(c2ccc(Cl)cc2)N1C(=O)N1CCC(NC(=O)N2CCC(C(N)=O)CC2)CC1. The van der Waals surface area contributed by atoms with E-state index in [-0.39, 0.29) is 47.7 Å². The van der Waals surface area contributed by atoms with Crippen molar-refractivity contribution in [2.75, 3.05) is 32.8 Å². The number of halogens is 5. The fraction of sp³-hybridized carbons (Fsp3) is 0.405. The molecule has 0 aromatic heterocycles. The summed E-state index contributed by atoms with van der Waals surface area (Å²) in [6.45, 7) is 3.23. The van der Waals surface area contributed by atoms with Crippen molar-refractivity contribution >= 4 is 47.0 Å². The van der Waals surface area contributed by atoms with Crippen LogP contribution in [0.4, 0.5) is 22.8 Å². The highest BCUT2D eigenvalue weighted by atomic mass is 35.5. The minimum absolute atomic E-state index is 0.0539. The number of carbonyl (C=O) groups is 3. The second-order valence-electron chi connectivity index (χ2n) is 13.1. The van der Waals surface area contributed by atoms with Crippen LogP contribution in [0.15, 0.2) is 71.7 Å². The van der Waals surface area contributed by atoms with Crippen molar-refractivity contribution in [2.24, 2.45) is 16.6 Å². The van der Waals surface area contributed by atoms with Gasteiger partial charge < -0.3 is 25.6 Å². The van der Waals surface area contributed by atoms with E-state index in [4.69, 9.17) is 38.7 Å². The Bertz CT molecular complexity index is 1810. The third-order valence-electron chi connectivity index (χ3n) is 9.82. The Labute approximate surface area is 309 Å². The molecule has 3 aliphatic rings. The molecule has 276 valence electrons. The van der Waals surface area contributed by atoms with Gasteiger partial charge in [-0.05, 0) is 86.2 Å². The summed E-state index contributed by atoms with van der Waals surface area (Å²) in [7, 11) is 0. The highest BCUT2D eigenvalue weighted by molar-refractivity contribution is 6.30. The maximum Gasteiger partial charge on any atom is 0.416 e. The number of alkyl halides is 3. The van der Waals surface area contributed by atoms with E-state index in [0.717, 1.165) is 17.7 Å². The highest BCUT2D eigenvalue weighted by Gasteiger charge is 2.45. The summed E-state index contributed by atoms with van der Waals surface area (Å²) in [5.41, 5.74) is 6.24. The molecule has 2 fully saturated rings. The number of primary amides is 1. The van der Waals surface area contributed by atoms with E-state index in [1.165, 1.54) is 11.0 Å². The smallest absolute Gasteiger partial charge is 0.416 e. The molecule has 3 aromatic rings. The number of nitrogens with one attached hydrogen (secondary N) is 1. The summed E-state index contributed by atoms with van der Waals surface area (Å²) in [4.78, 5) is 49.3. The molecule has 3 aliphatic heterocycles. The number of aliphatic imine (C=N–C) groups is 1. The number of carbonyl (C=O) groups excluding carboxylic acids is 3. The number of rotatable bonds is 7. The number of urea groups is 2. The Kier molecular flexibility index (Phi) is 11.2. The number of ether oxygens (including phenoxy) is 1. The van der Waals surface area contributed by atoms with Crippen molar-refractivity contribution in [1.29, 1.82) is 0 Å². The van der Waals surface area contributed by atoms with E-state index >= 15 is 0 Å². The van der Waals surface area contributed by atoms with Gasteiger partial charge in [-0.25, -0.2) is 9.59 Å². The van der Waals surface area contributed by atoms with E-state index in [1.54, 1.807) is 53.1 Å². The molecule has 3 heterocycles. The van der Waals surface area contributed by atoms with Crippen molar-refractivity contribution in [1.82, 2.24) is 20.0 Å². The van der Waals surface area contributed by atoms with Gasteiger partial charge in [0.2, 0.25) is 5.91 Å². The van der Waals surface area contributed by atoms with Crippen LogP contribution >= 0.6 is 23.2 Å². The molecule has 0 saturated carbocycles. The number of likely N-dealkylation sites (tertiary alicyclic amines) is 2. The normalized spacial score (nSPS) is 20.1. The Hall–Kier alpha value is -4.49. The maximum atomic E-state index is 14.8. The first kappa shape index (κ1) is 37.3. The zero-order chi connectivity index (χ0) is 37.2. The van der Waals surface area contributed by atoms with Crippen LogP contribution in [0.25, 0.3) is 0 Å². The molecule has 15 heteroatoms. The topological polar surface area (TPSA) is 121 Å². The summed E-state index contributed by atoms with van der Waals surface area (Å²) < 4.78 is 47.3. The van der Waals surface area contributed by atoms with E-state index in [9.17, 15) is 27.6 Å². The molecule has 3 N–H and O–H groups in total. The predicted molar refractivity (Wildman–Crippen MR) is 191 cm³/mol. The minimum atomic E-state index is -4.62. The monoisotopic (exact) mass is 758 g/mol. The number of amidine groups is 1. The van der Waals surface area contributed by atoms with Gasteiger partial charge in [0.25, 0.3) is 0 Å². The molecule has 3 aromatic carbocycles. The minimum Gasteiger partial charge on any atom is -0.493 e. The molecule has 0 radical (unpaired) electrons. The lowest BCUT2D eigenvalue weighted by Gasteiger charge is -2.38. The molecule has 0 aliphatic carbocycles. The summed E-state index contributed by atoms with van der Waals surface area (Å²) >= 11 is 12.5. The molecule has 0 spiro atoms.